The van der Waals surface area contributed by atoms with Gasteiger partial charge in [0.2, 0.25) is 5.91 Å². The van der Waals surface area contributed by atoms with Crippen molar-refractivity contribution in [3.8, 4) is 10.6 Å². The molecule has 0 saturated carbocycles. The topological polar surface area (TPSA) is 67.2 Å². The van der Waals surface area contributed by atoms with Crippen LogP contribution in [0, 0.1) is 0 Å². The highest BCUT2D eigenvalue weighted by Crippen LogP contribution is 2.34. The minimum Gasteiger partial charge on any atom is -0.351 e. The van der Waals surface area contributed by atoms with Crippen LogP contribution in [0.5, 0.6) is 0 Å². The number of amides is 2. The summed E-state index contributed by atoms with van der Waals surface area (Å²) in [7, 11) is 1.23. The molecule has 2 aromatic rings. The van der Waals surface area contributed by atoms with Crippen molar-refractivity contribution in [1.29, 1.82) is 0 Å². The van der Waals surface area contributed by atoms with Gasteiger partial charge >= 0.3 is 6.18 Å². The van der Waals surface area contributed by atoms with E-state index >= 15 is 0 Å². The second-order valence-electron chi connectivity index (χ2n) is 6.29. The van der Waals surface area contributed by atoms with Crippen LogP contribution in [-0.2, 0) is 18.0 Å². The van der Waals surface area contributed by atoms with E-state index in [2.05, 4.69) is 10.4 Å². The van der Waals surface area contributed by atoms with Crippen molar-refractivity contribution in [2.75, 3.05) is 19.6 Å². The fourth-order valence-corrected chi connectivity index (χ4v) is 3.83. The smallest absolute Gasteiger partial charge is 0.351 e. The first-order chi connectivity index (χ1) is 12.8. The lowest BCUT2D eigenvalue weighted by molar-refractivity contribution is -0.143. The number of carbonyl (C=O) groups is 2. The summed E-state index contributed by atoms with van der Waals surface area (Å²) in [4.78, 5) is 26.4. The van der Waals surface area contributed by atoms with Crippen molar-refractivity contribution >= 4 is 23.2 Å². The van der Waals surface area contributed by atoms with Gasteiger partial charge in [0.1, 0.15) is 11.4 Å². The van der Waals surface area contributed by atoms with Gasteiger partial charge < -0.3 is 10.2 Å². The third-order valence-electron chi connectivity index (χ3n) is 4.31. The molecule has 0 unspecified atom stereocenters. The van der Waals surface area contributed by atoms with Gasteiger partial charge in [-0.05, 0) is 31.0 Å². The summed E-state index contributed by atoms with van der Waals surface area (Å²) in [6.07, 6.45) is -2.35. The molecule has 6 nitrogen and oxygen atoms in total. The second kappa shape index (κ2) is 7.71. The van der Waals surface area contributed by atoms with E-state index in [1.807, 2.05) is 0 Å². The Morgan fingerprint density at radius 3 is 2.78 bits per heavy atom. The van der Waals surface area contributed by atoms with E-state index in [4.69, 9.17) is 0 Å². The molecule has 0 bridgehead atoms. The van der Waals surface area contributed by atoms with Crippen molar-refractivity contribution < 1.29 is 22.8 Å². The van der Waals surface area contributed by atoms with E-state index in [0.29, 0.717) is 35.7 Å². The number of thiophene rings is 1. The predicted octanol–water partition coefficient (Wildman–Crippen LogP) is 2.91. The summed E-state index contributed by atoms with van der Waals surface area (Å²) in [6.45, 7) is 1.81. The van der Waals surface area contributed by atoms with E-state index < -0.39 is 11.9 Å². The minimum absolute atomic E-state index is 0.151. The molecule has 2 aromatic heterocycles. The average Bonchev–Trinajstić information content (AvgIpc) is 3.30. The molecule has 0 aromatic carbocycles. The molecule has 3 rings (SSSR count). The highest BCUT2D eigenvalue weighted by Gasteiger charge is 2.35. The maximum atomic E-state index is 12.9. The second-order valence-corrected chi connectivity index (χ2v) is 7.38. The number of halogens is 3. The van der Waals surface area contributed by atoms with Crippen LogP contribution in [0.25, 0.3) is 10.6 Å². The molecule has 146 valence electrons. The molecule has 3 heterocycles. The number of aromatic nitrogens is 2. The lowest BCUT2D eigenvalue weighted by Crippen LogP contribution is -2.30. The number of aryl methyl sites for hydroxylation is 1. The molecule has 0 aliphatic carbocycles. The van der Waals surface area contributed by atoms with Gasteiger partial charge in [-0.1, -0.05) is 0 Å². The predicted molar refractivity (Wildman–Crippen MR) is 94.3 cm³/mol. The molecule has 0 spiro atoms. The first-order valence-corrected chi connectivity index (χ1v) is 9.35. The number of rotatable bonds is 6. The Hall–Kier alpha value is -2.36. The van der Waals surface area contributed by atoms with Gasteiger partial charge in [-0.25, -0.2) is 0 Å². The first-order valence-electron chi connectivity index (χ1n) is 8.53. The summed E-state index contributed by atoms with van der Waals surface area (Å²) < 4.78 is 39.4. The van der Waals surface area contributed by atoms with Crippen molar-refractivity contribution in [2.45, 2.75) is 25.4 Å². The lowest BCUT2D eigenvalue weighted by atomic mass is 10.3. The lowest BCUT2D eigenvalue weighted by Gasteiger charge is -2.15. The van der Waals surface area contributed by atoms with Crippen molar-refractivity contribution in [3.05, 3.63) is 28.8 Å². The quantitative estimate of drug-likeness (QED) is 0.759. The Morgan fingerprint density at radius 2 is 2.15 bits per heavy atom. The molecular weight excluding hydrogens is 381 g/mol. The number of alkyl halides is 3. The number of nitrogens with zero attached hydrogens (tertiary/aromatic N) is 3. The number of likely N-dealkylation sites (tertiary alicyclic amines) is 1. The van der Waals surface area contributed by atoms with E-state index in [-0.39, 0.29) is 17.5 Å². The fraction of sp³-hybridized carbons (Fsp3) is 0.471. The molecule has 1 saturated heterocycles. The number of hydrogen-bond acceptors (Lipinski definition) is 4. The van der Waals surface area contributed by atoms with Crippen LogP contribution in [0.15, 0.2) is 18.2 Å². The summed E-state index contributed by atoms with van der Waals surface area (Å²) >= 11 is 1.09. The number of carbonyl (C=O) groups excluding carboxylic acids is 2. The molecule has 1 fully saturated rings. The monoisotopic (exact) mass is 400 g/mol. The van der Waals surface area contributed by atoms with Crippen LogP contribution in [0.4, 0.5) is 13.2 Å². The number of hydrogen-bond donors (Lipinski definition) is 1. The first kappa shape index (κ1) is 19.4. The maximum absolute atomic E-state index is 12.9. The highest BCUT2D eigenvalue weighted by molar-refractivity contribution is 7.17. The van der Waals surface area contributed by atoms with Gasteiger partial charge in [-0.15, -0.1) is 11.3 Å². The van der Waals surface area contributed by atoms with Crippen molar-refractivity contribution in [3.63, 3.8) is 0 Å². The van der Waals surface area contributed by atoms with Crippen molar-refractivity contribution in [1.82, 2.24) is 20.0 Å². The van der Waals surface area contributed by atoms with E-state index in [1.54, 1.807) is 17.0 Å². The van der Waals surface area contributed by atoms with Crippen LogP contribution in [0.1, 0.15) is 34.6 Å². The molecule has 2 amide bonds. The zero-order valence-electron chi connectivity index (χ0n) is 14.7. The van der Waals surface area contributed by atoms with Gasteiger partial charge in [0.05, 0.1) is 9.75 Å². The maximum Gasteiger partial charge on any atom is 0.433 e. The Morgan fingerprint density at radius 1 is 1.37 bits per heavy atom. The molecule has 1 N–H and O–H groups in total. The van der Waals surface area contributed by atoms with E-state index in [9.17, 15) is 22.8 Å². The normalized spacial score (nSPS) is 14.8. The summed E-state index contributed by atoms with van der Waals surface area (Å²) in [6, 6.07) is 4.13. The van der Waals surface area contributed by atoms with Crippen molar-refractivity contribution in [2.24, 2.45) is 7.05 Å². The van der Waals surface area contributed by atoms with Crippen LogP contribution in [-0.4, -0.2) is 46.1 Å². The zero-order valence-corrected chi connectivity index (χ0v) is 15.5. The standard InChI is InChI=1S/C17H19F3N4O2S/c1-23-14(17(18,19)20)10-11(22-23)12-5-6-13(27-12)16(26)21-7-3-9-24-8-2-4-15(24)25/h5-6,10H,2-4,7-9H2,1H3,(H,21,26). The third kappa shape index (κ3) is 4.49. The van der Waals surface area contributed by atoms with E-state index in [1.165, 1.54) is 7.05 Å². The molecule has 0 radical (unpaired) electrons. The molecule has 1 aliphatic heterocycles. The van der Waals surface area contributed by atoms with Gasteiger partial charge in [-0.3, -0.25) is 14.3 Å². The Bertz CT molecular complexity index is 844. The van der Waals surface area contributed by atoms with Gasteiger partial charge in [0.15, 0.2) is 0 Å². The molecule has 0 atom stereocenters. The van der Waals surface area contributed by atoms with Gasteiger partial charge in [0, 0.05) is 33.1 Å². The minimum atomic E-state index is -4.48. The Kier molecular flexibility index (Phi) is 5.54. The largest absolute Gasteiger partial charge is 0.433 e. The van der Waals surface area contributed by atoms with E-state index in [0.717, 1.165) is 35.1 Å². The molecule has 10 heteroatoms. The number of nitrogens with one attached hydrogen (secondary N) is 1. The molecular formula is C17H19F3N4O2S. The summed E-state index contributed by atoms with van der Waals surface area (Å²) in [5.41, 5.74) is -0.658. The zero-order chi connectivity index (χ0) is 19.6. The summed E-state index contributed by atoms with van der Waals surface area (Å²) in [5.74, 6) is -0.135. The Labute approximate surface area is 158 Å². The van der Waals surface area contributed by atoms with Crippen LogP contribution >= 0.6 is 11.3 Å². The summed E-state index contributed by atoms with van der Waals surface area (Å²) in [5, 5.41) is 6.66. The highest BCUT2D eigenvalue weighted by atomic mass is 32.1. The van der Waals surface area contributed by atoms with Crippen LogP contribution in [0.2, 0.25) is 0 Å². The average molecular weight is 400 g/mol. The molecule has 27 heavy (non-hydrogen) atoms. The van der Waals surface area contributed by atoms with Crippen LogP contribution < -0.4 is 5.32 Å². The molecule has 1 aliphatic rings. The van der Waals surface area contributed by atoms with Gasteiger partial charge in [0.25, 0.3) is 5.91 Å². The van der Waals surface area contributed by atoms with Crippen LogP contribution in [0.3, 0.4) is 0 Å². The van der Waals surface area contributed by atoms with Gasteiger partial charge in [-0.2, -0.15) is 18.3 Å². The fourth-order valence-electron chi connectivity index (χ4n) is 2.95. The Balaban J connectivity index is 1.55. The SMILES string of the molecule is Cn1nc(-c2ccc(C(=O)NCCCN3CCCC3=O)s2)cc1C(F)(F)F. The third-order valence-corrected chi connectivity index (χ3v) is 5.42.